The second-order valence-electron chi connectivity index (χ2n) is 4.63. The van der Waals surface area contributed by atoms with E-state index in [9.17, 15) is 16.8 Å². The number of fused-ring (bicyclic) bond motifs is 1. The molecule has 0 amide bonds. The van der Waals surface area contributed by atoms with Crippen LogP contribution in [0.15, 0.2) is 14.5 Å². The van der Waals surface area contributed by atoms with Crippen molar-refractivity contribution in [2.24, 2.45) is 5.14 Å². The first-order chi connectivity index (χ1) is 10.3. The molecule has 2 N–H and O–H groups in total. The number of primary sulfonamides is 1. The van der Waals surface area contributed by atoms with Crippen LogP contribution < -0.4 is 5.14 Å². The molecule has 0 bridgehead atoms. The van der Waals surface area contributed by atoms with Gasteiger partial charge in [-0.25, -0.2) is 22.0 Å². The zero-order valence-electron chi connectivity index (χ0n) is 11.9. The summed E-state index contributed by atoms with van der Waals surface area (Å²) in [5.74, 6) is -0.104. The van der Waals surface area contributed by atoms with Gasteiger partial charge in [-0.3, -0.25) is 0 Å². The lowest BCUT2D eigenvalue weighted by Gasteiger charge is -2.22. The van der Waals surface area contributed by atoms with Gasteiger partial charge in [0.05, 0.1) is 25.1 Å². The minimum atomic E-state index is -3.95. The molecule has 1 aliphatic heterocycles. The topological polar surface area (TPSA) is 122 Å². The van der Waals surface area contributed by atoms with Crippen LogP contribution in [0.25, 0.3) is 0 Å². The van der Waals surface area contributed by atoms with Gasteiger partial charge in [-0.15, -0.1) is 11.3 Å². The van der Waals surface area contributed by atoms with E-state index in [1.165, 1.54) is 6.07 Å². The van der Waals surface area contributed by atoms with Crippen molar-refractivity contribution in [1.29, 1.82) is 0 Å². The van der Waals surface area contributed by atoms with Crippen molar-refractivity contribution in [2.45, 2.75) is 20.9 Å². The molecule has 0 fully saturated rings. The van der Waals surface area contributed by atoms with Crippen LogP contribution in [0, 0.1) is 0 Å². The molecule has 126 valence electrons. The Morgan fingerprint density at radius 3 is 2.77 bits per heavy atom. The van der Waals surface area contributed by atoms with Crippen LogP contribution in [0.5, 0.6) is 0 Å². The highest BCUT2D eigenvalue weighted by Crippen LogP contribution is 2.41. The van der Waals surface area contributed by atoms with Crippen LogP contribution in [-0.4, -0.2) is 49.7 Å². The fraction of sp³-hybridized carbons (Fsp3) is 0.636. The highest BCUT2D eigenvalue weighted by Gasteiger charge is 2.35. The van der Waals surface area contributed by atoms with Crippen LogP contribution >= 0.6 is 11.3 Å². The molecular weight excluding hydrogens is 354 g/mol. The summed E-state index contributed by atoms with van der Waals surface area (Å²) < 4.78 is 62.2. The van der Waals surface area contributed by atoms with Gasteiger partial charge >= 0.3 is 0 Å². The highest BCUT2D eigenvalue weighted by atomic mass is 32.3. The molecule has 0 aliphatic carbocycles. The summed E-state index contributed by atoms with van der Waals surface area (Å²) in [5.41, 5.74) is 0.329. The Morgan fingerprint density at radius 2 is 2.14 bits per heavy atom. The van der Waals surface area contributed by atoms with Crippen molar-refractivity contribution in [3.05, 3.63) is 11.6 Å². The largest absolute Gasteiger partial charge is 0.382 e. The predicted molar refractivity (Wildman–Crippen MR) is 78.9 cm³/mol. The Hall–Kier alpha value is -0.560. The van der Waals surface area contributed by atoms with E-state index in [1.54, 1.807) is 7.11 Å². The molecule has 2 heterocycles. The normalized spacial score (nSPS) is 20.7. The number of nitrogens with two attached hydrogens (primary N) is 1. The molecule has 1 aromatic heterocycles. The lowest BCUT2D eigenvalue weighted by Crippen LogP contribution is -2.21. The summed E-state index contributed by atoms with van der Waals surface area (Å²) in [6, 6.07) is 1.27. The van der Waals surface area contributed by atoms with E-state index in [-0.39, 0.29) is 27.4 Å². The van der Waals surface area contributed by atoms with E-state index >= 15 is 0 Å². The van der Waals surface area contributed by atoms with Crippen molar-refractivity contribution in [1.82, 2.24) is 0 Å². The number of hydrogen-bond acceptors (Lipinski definition) is 8. The number of hydrogen-bond donors (Lipinski definition) is 1. The Kier molecular flexibility index (Phi) is 5.59. The summed E-state index contributed by atoms with van der Waals surface area (Å²) in [5, 5.41) is 5.07. The van der Waals surface area contributed by atoms with Gasteiger partial charge in [-0.05, 0) is 12.5 Å². The fourth-order valence-corrected chi connectivity index (χ4v) is 6.12. The molecule has 0 saturated heterocycles. The molecule has 0 aromatic carbocycles. The zero-order valence-corrected chi connectivity index (χ0v) is 14.3. The lowest BCUT2D eigenvalue weighted by molar-refractivity contribution is -0.101. The fourth-order valence-electron chi connectivity index (χ4n) is 1.99. The molecule has 1 aromatic rings. The van der Waals surface area contributed by atoms with Gasteiger partial charge in [0, 0.05) is 12.7 Å². The summed E-state index contributed by atoms with van der Waals surface area (Å²) >= 11 is 0.659. The third kappa shape index (κ3) is 4.04. The maximum atomic E-state index is 12.0. The zero-order chi connectivity index (χ0) is 16.4. The van der Waals surface area contributed by atoms with Gasteiger partial charge in [-0.2, -0.15) is 0 Å². The third-order valence-electron chi connectivity index (χ3n) is 3.05. The van der Waals surface area contributed by atoms with E-state index in [1.807, 2.05) is 0 Å². The molecular formula is C11H17NO7S3. The second kappa shape index (κ2) is 6.91. The Morgan fingerprint density at radius 1 is 1.41 bits per heavy atom. The third-order valence-corrected chi connectivity index (χ3v) is 8.00. The summed E-state index contributed by atoms with van der Waals surface area (Å²) in [6.45, 7) is 0.732. The average molecular weight is 371 g/mol. The molecule has 1 aliphatic rings. The van der Waals surface area contributed by atoms with Crippen LogP contribution in [0.2, 0.25) is 0 Å². The first-order valence-corrected chi connectivity index (χ1v) is 10.3. The number of rotatable bonds is 7. The predicted octanol–water partition coefficient (Wildman–Crippen LogP) is 0.251. The van der Waals surface area contributed by atoms with Crippen molar-refractivity contribution >= 4 is 31.2 Å². The van der Waals surface area contributed by atoms with Crippen molar-refractivity contribution < 1.29 is 31.0 Å². The number of sulfone groups is 1. The van der Waals surface area contributed by atoms with Gasteiger partial charge in [0.25, 0.3) is 0 Å². The summed E-state index contributed by atoms with van der Waals surface area (Å²) in [6.07, 6.45) is -0.295. The minimum Gasteiger partial charge on any atom is -0.382 e. The maximum absolute atomic E-state index is 12.0. The van der Waals surface area contributed by atoms with E-state index in [0.717, 1.165) is 0 Å². The quantitative estimate of drug-likeness (QED) is 0.538. The molecule has 0 saturated carbocycles. The molecule has 2 rings (SSSR count). The number of thiophene rings is 1. The van der Waals surface area contributed by atoms with Gasteiger partial charge < -0.3 is 14.2 Å². The van der Waals surface area contributed by atoms with Crippen LogP contribution in [0.4, 0.5) is 0 Å². The molecule has 8 nitrogen and oxygen atoms in total. The van der Waals surface area contributed by atoms with Crippen LogP contribution in [0.3, 0.4) is 0 Å². The monoisotopic (exact) mass is 371 g/mol. The molecule has 0 spiro atoms. The average Bonchev–Trinajstić information content (AvgIpc) is 2.87. The summed E-state index contributed by atoms with van der Waals surface area (Å²) in [7, 11) is -5.90. The Balaban J connectivity index is 2.18. The lowest BCUT2D eigenvalue weighted by atomic mass is 10.1. The Bertz CT molecular complexity index is 723. The summed E-state index contributed by atoms with van der Waals surface area (Å²) in [4.78, 5) is 0. The molecule has 11 heteroatoms. The van der Waals surface area contributed by atoms with Gasteiger partial charge in [0.1, 0.15) is 15.2 Å². The maximum Gasteiger partial charge on any atom is 0.247 e. The van der Waals surface area contributed by atoms with E-state index in [2.05, 4.69) is 0 Å². The number of ether oxygens (including phenoxy) is 3. The highest BCUT2D eigenvalue weighted by molar-refractivity contribution is 7.95. The SMILES string of the molecule is COCCOCOC1CCS(=O)(=O)c2sc(S(N)(=O)=O)cc21. The van der Waals surface area contributed by atoms with Crippen LogP contribution in [0.1, 0.15) is 18.1 Å². The minimum absolute atomic E-state index is 0.00432. The molecule has 0 radical (unpaired) electrons. The number of methoxy groups -OCH3 is 1. The first-order valence-electron chi connectivity index (χ1n) is 6.33. The van der Waals surface area contributed by atoms with Crippen molar-refractivity contribution in [3.63, 3.8) is 0 Å². The van der Waals surface area contributed by atoms with Crippen molar-refractivity contribution in [2.75, 3.05) is 32.9 Å². The first kappa shape index (κ1) is 17.8. The van der Waals surface area contributed by atoms with Gasteiger partial charge in [-0.1, -0.05) is 0 Å². The van der Waals surface area contributed by atoms with Crippen LogP contribution in [-0.2, 0) is 34.1 Å². The van der Waals surface area contributed by atoms with Crippen molar-refractivity contribution in [3.8, 4) is 0 Å². The van der Waals surface area contributed by atoms with Gasteiger partial charge in [0.15, 0.2) is 9.84 Å². The molecule has 1 atom stereocenters. The van der Waals surface area contributed by atoms with E-state index in [0.29, 0.717) is 30.1 Å². The smallest absolute Gasteiger partial charge is 0.247 e. The van der Waals surface area contributed by atoms with E-state index < -0.39 is 26.0 Å². The number of sulfonamides is 1. The Labute approximate surface area is 133 Å². The molecule has 22 heavy (non-hydrogen) atoms. The molecule has 1 unspecified atom stereocenters. The standard InChI is InChI=1S/C11H17NO7S3/c1-17-3-4-18-7-19-9-2-5-21(13,14)11-8(9)6-10(20-11)22(12,15)16/h6,9H,2-5,7H2,1H3,(H2,12,15,16). The second-order valence-corrected chi connectivity index (χ2v) is 9.78. The van der Waals surface area contributed by atoms with E-state index in [4.69, 9.17) is 19.3 Å². The van der Waals surface area contributed by atoms with Gasteiger partial charge in [0.2, 0.25) is 10.0 Å².